The Morgan fingerprint density at radius 2 is 2.24 bits per heavy atom. The first-order valence-corrected chi connectivity index (χ1v) is 5.98. The molecule has 0 heterocycles. The van der Waals surface area contributed by atoms with Crippen molar-refractivity contribution in [2.45, 2.75) is 19.4 Å². The molecule has 4 heteroatoms. The highest BCUT2D eigenvalue weighted by Gasteiger charge is 2.10. The van der Waals surface area contributed by atoms with Gasteiger partial charge >= 0.3 is 0 Å². The standard InChI is InChI=1S/C13H21FN2O/c1-3-7-15-12(10-17)9-16(2)13-6-4-5-11(14)8-13/h4-6,8,12,15,17H,3,7,9-10H2,1-2H3. The van der Waals surface area contributed by atoms with Crippen molar-refractivity contribution in [2.24, 2.45) is 0 Å². The summed E-state index contributed by atoms with van der Waals surface area (Å²) in [6, 6.07) is 6.49. The fourth-order valence-electron chi connectivity index (χ4n) is 1.68. The van der Waals surface area contributed by atoms with Gasteiger partial charge < -0.3 is 15.3 Å². The van der Waals surface area contributed by atoms with Gasteiger partial charge in [0.05, 0.1) is 6.61 Å². The molecule has 0 saturated carbocycles. The van der Waals surface area contributed by atoms with E-state index in [1.54, 1.807) is 6.07 Å². The maximum Gasteiger partial charge on any atom is 0.125 e. The molecule has 0 amide bonds. The summed E-state index contributed by atoms with van der Waals surface area (Å²) in [6.07, 6.45) is 1.03. The maximum atomic E-state index is 13.1. The van der Waals surface area contributed by atoms with E-state index in [1.165, 1.54) is 12.1 Å². The molecule has 1 aromatic carbocycles. The van der Waals surface area contributed by atoms with Crippen LogP contribution in [0.3, 0.4) is 0 Å². The van der Waals surface area contributed by atoms with Crippen molar-refractivity contribution in [3.63, 3.8) is 0 Å². The average Bonchev–Trinajstić information content (AvgIpc) is 2.34. The summed E-state index contributed by atoms with van der Waals surface area (Å²) in [4.78, 5) is 1.94. The lowest BCUT2D eigenvalue weighted by Crippen LogP contribution is -2.42. The largest absolute Gasteiger partial charge is 0.395 e. The van der Waals surface area contributed by atoms with Crippen LogP contribution in [-0.2, 0) is 0 Å². The normalized spacial score (nSPS) is 12.5. The van der Waals surface area contributed by atoms with Crippen LogP contribution in [0.4, 0.5) is 10.1 Å². The highest BCUT2D eigenvalue weighted by molar-refractivity contribution is 5.45. The average molecular weight is 240 g/mol. The molecule has 0 aliphatic rings. The van der Waals surface area contributed by atoms with Gasteiger partial charge in [-0.1, -0.05) is 13.0 Å². The summed E-state index contributed by atoms with van der Waals surface area (Å²) in [7, 11) is 1.89. The highest BCUT2D eigenvalue weighted by Crippen LogP contribution is 2.13. The first-order chi connectivity index (χ1) is 8.17. The van der Waals surface area contributed by atoms with E-state index in [1.807, 2.05) is 18.0 Å². The van der Waals surface area contributed by atoms with Crippen molar-refractivity contribution in [1.82, 2.24) is 5.32 Å². The number of aliphatic hydroxyl groups is 1. The third kappa shape index (κ3) is 4.71. The van der Waals surface area contributed by atoms with E-state index in [9.17, 15) is 9.50 Å². The molecule has 0 spiro atoms. The Bertz CT molecular complexity index is 333. The van der Waals surface area contributed by atoms with Gasteiger partial charge in [0.15, 0.2) is 0 Å². The molecule has 0 radical (unpaired) electrons. The van der Waals surface area contributed by atoms with Gasteiger partial charge in [-0.15, -0.1) is 0 Å². The lowest BCUT2D eigenvalue weighted by atomic mass is 10.2. The SMILES string of the molecule is CCCNC(CO)CN(C)c1cccc(F)c1. The van der Waals surface area contributed by atoms with Crippen molar-refractivity contribution < 1.29 is 9.50 Å². The quantitative estimate of drug-likeness (QED) is 0.760. The van der Waals surface area contributed by atoms with Crippen LogP contribution in [0.15, 0.2) is 24.3 Å². The lowest BCUT2D eigenvalue weighted by Gasteiger charge is -2.25. The third-order valence-corrected chi connectivity index (χ3v) is 2.65. The number of halogens is 1. The van der Waals surface area contributed by atoms with Gasteiger partial charge in [0, 0.05) is 25.3 Å². The Labute approximate surface area is 102 Å². The first-order valence-electron chi connectivity index (χ1n) is 5.98. The van der Waals surface area contributed by atoms with Gasteiger partial charge in [0.25, 0.3) is 0 Å². The molecular weight excluding hydrogens is 219 g/mol. The van der Waals surface area contributed by atoms with Crippen molar-refractivity contribution >= 4 is 5.69 Å². The summed E-state index contributed by atoms with van der Waals surface area (Å²) in [6.45, 7) is 3.69. The van der Waals surface area contributed by atoms with Crippen LogP contribution in [-0.4, -0.2) is 37.9 Å². The summed E-state index contributed by atoms with van der Waals surface area (Å²) in [5, 5.41) is 12.5. The molecule has 1 rings (SSSR count). The second kappa shape index (κ2) is 7.25. The molecule has 3 nitrogen and oxygen atoms in total. The van der Waals surface area contributed by atoms with Gasteiger partial charge in [0.2, 0.25) is 0 Å². The van der Waals surface area contributed by atoms with Gasteiger partial charge in [-0.05, 0) is 31.2 Å². The summed E-state index contributed by atoms with van der Waals surface area (Å²) >= 11 is 0. The van der Waals surface area contributed by atoms with Crippen LogP contribution in [0.25, 0.3) is 0 Å². The second-order valence-corrected chi connectivity index (χ2v) is 4.19. The molecule has 0 saturated heterocycles. The van der Waals surface area contributed by atoms with Crippen molar-refractivity contribution in [2.75, 3.05) is 31.6 Å². The molecule has 17 heavy (non-hydrogen) atoms. The van der Waals surface area contributed by atoms with Crippen molar-refractivity contribution in [3.8, 4) is 0 Å². The third-order valence-electron chi connectivity index (χ3n) is 2.65. The Morgan fingerprint density at radius 3 is 2.82 bits per heavy atom. The second-order valence-electron chi connectivity index (χ2n) is 4.19. The number of benzene rings is 1. The number of aliphatic hydroxyl groups excluding tert-OH is 1. The Hall–Kier alpha value is -1.13. The van der Waals surface area contributed by atoms with Crippen molar-refractivity contribution in [1.29, 1.82) is 0 Å². The summed E-state index contributed by atoms with van der Waals surface area (Å²) in [5.74, 6) is -0.239. The molecule has 0 aliphatic heterocycles. The number of hydrogen-bond donors (Lipinski definition) is 2. The van der Waals surface area contributed by atoms with E-state index in [2.05, 4.69) is 12.2 Å². The zero-order valence-corrected chi connectivity index (χ0v) is 10.5. The smallest absolute Gasteiger partial charge is 0.125 e. The number of nitrogens with zero attached hydrogens (tertiary/aromatic N) is 1. The number of rotatable bonds is 7. The predicted octanol–water partition coefficient (Wildman–Crippen LogP) is 1.62. The van der Waals surface area contributed by atoms with E-state index in [4.69, 9.17) is 0 Å². The lowest BCUT2D eigenvalue weighted by molar-refractivity contribution is 0.245. The molecule has 1 aromatic rings. The summed E-state index contributed by atoms with van der Waals surface area (Å²) in [5.41, 5.74) is 0.821. The van der Waals surface area contributed by atoms with Crippen molar-refractivity contribution in [3.05, 3.63) is 30.1 Å². The topological polar surface area (TPSA) is 35.5 Å². The maximum absolute atomic E-state index is 13.1. The van der Waals surface area contributed by atoms with Crippen LogP contribution in [0.2, 0.25) is 0 Å². The first kappa shape index (κ1) is 13.9. The van der Waals surface area contributed by atoms with Gasteiger partial charge in [0.1, 0.15) is 5.82 Å². The number of nitrogens with one attached hydrogen (secondary N) is 1. The van der Waals surface area contributed by atoms with Gasteiger partial charge in [-0.3, -0.25) is 0 Å². The zero-order valence-electron chi connectivity index (χ0n) is 10.5. The number of likely N-dealkylation sites (N-methyl/N-ethyl adjacent to an activating group) is 1. The number of hydrogen-bond acceptors (Lipinski definition) is 3. The molecule has 0 aliphatic carbocycles. The van der Waals surface area contributed by atoms with Crippen LogP contribution in [0, 0.1) is 5.82 Å². The Morgan fingerprint density at radius 1 is 1.47 bits per heavy atom. The van der Waals surface area contributed by atoms with E-state index >= 15 is 0 Å². The van der Waals surface area contributed by atoms with Crippen LogP contribution >= 0.6 is 0 Å². The fourth-order valence-corrected chi connectivity index (χ4v) is 1.68. The van der Waals surface area contributed by atoms with Crippen LogP contribution in [0.1, 0.15) is 13.3 Å². The zero-order chi connectivity index (χ0) is 12.7. The Kier molecular flexibility index (Phi) is 5.94. The molecule has 0 fully saturated rings. The van der Waals surface area contributed by atoms with E-state index in [-0.39, 0.29) is 18.5 Å². The van der Waals surface area contributed by atoms with E-state index < -0.39 is 0 Å². The van der Waals surface area contributed by atoms with Gasteiger partial charge in [-0.2, -0.15) is 0 Å². The molecule has 0 bridgehead atoms. The van der Waals surface area contributed by atoms with E-state index in [0.29, 0.717) is 6.54 Å². The minimum absolute atomic E-state index is 0.0169. The molecule has 1 unspecified atom stereocenters. The van der Waals surface area contributed by atoms with Crippen LogP contribution in [0.5, 0.6) is 0 Å². The summed E-state index contributed by atoms with van der Waals surface area (Å²) < 4.78 is 13.1. The molecule has 1 atom stereocenters. The van der Waals surface area contributed by atoms with E-state index in [0.717, 1.165) is 18.7 Å². The Balaban J connectivity index is 2.54. The number of anilines is 1. The highest BCUT2D eigenvalue weighted by atomic mass is 19.1. The molecule has 2 N–H and O–H groups in total. The molecule has 96 valence electrons. The fraction of sp³-hybridized carbons (Fsp3) is 0.538. The van der Waals surface area contributed by atoms with Crippen LogP contribution < -0.4 is 10.2 Å². The van der Waals surface area contributed by atoms with Gasteiger partial charge in [-0.25, -0.2) is 4.39 Å². The predicted molar refractivity (Wildman–Crippen MR) is 68.8 cm³/mol. The minimum atomic E-state index is -0.239. The molecule has 0 aromatic heterocycles. The molecular formula is C13H21FN2O. The monoisotopic (exact) mass is 240 g/mol. The minimum Gasteiger partial charge on any atom is -0.395 e.